The minimum Gasteiger partial charge on any atom is -0.463 e. The topological polar surface area (TPSA) is 199 Å². The second-order valence-corrected chi connectivity index (χ2v) is 32.0. The minimum absolute atomic E-state index is 0.0706. The second-order valence-electron chi connectivity index (χ2n) is 14.3. The monoisotopic (exact) mass is 758 g/mol. The summed E-state index contributed by atoms with van der Waals surface area (Å²) >= 11 is 0. The number of hydrogen-bond donors (Lipinski definition) is 4. The summed E-state index contributed by atoms with van der Waals surface area (Å²) in [5, 5.41) is 17.2. The van der Waals surface area contributed by atoms with Crippen molar-refractivity contribution in [2.45, 2.75) is 128 Å². The molecule has 13 nitrogen and oxygen atoms in total. The summed E-state index contributed by atoms with van der Waals surface area (Å²) in [4.78, 5) is 32.6. The van der Waals surface area contributed by atoms with Crippen LogP contribution in [0.2, 0.25) is 76.6 Å². The zero-order valence-electron chi connectivity index (χ0n) is 31.4. The Morgan fingerprint density at radius 3 is 1.17 bits per heavy atom. The Hall–Kier alpha value is -1.16. The number of nitrogens with two attached hydrogens (primary N) is 2. The van der Waals surface area contributed by atoms with Gasteiger partial charge in [0.25, 0.3) is 0 Å². The van der Waals surface area contributed by atoms with Crippen LogP contribution in [0, 0.1) is 0 Å². The van der Waals surface area contributed by atoms with Crippen LogP contribution in [0.5, 0.6) is 0 Å². The lowest BCUT2D eigenvalue weighted by Gasteiger charge is -2.34. The van der Waals surface area contributed by atoms with Crippen LogP contribution in [-0.4, -0.2) is 114 Å². The predicted octanol–water partition coefficient (Wildman–Crippen LogP) is 5.09. The number of aliphatic hydroxyl groups is 2. The molecule has 17 heteroatoms. The van der Waals surface area contributed by atoms with Gasteiger partial charge in [0.1, 0.15) is 26.4 Å². The first-order chi connectivity index (χ1) is 22.3. The molecule has 1 heterocycles. The van der Waals surface area contributed by atoms with Crippen molar-refractivity contribution in [1.29, 1.82) is 0 Å². The average Bonchev–Trinajstić information content (AvgIpc) is 3.47. The van der Waals surface area contributed by atoms with Crippen molar-refractivity contribution in [1.82, 2.24) is 0 Å². The molecule has 0 spiro atoms. The maximum atomic E-state index is 11.4. The van der Waals surface area contributed by atoms with Gasteiger partial charge in [-0.1, -0.05) is 12.8 Å². The standard InChI is InChI=1S/C18H38O7Si2.C10H28N2OSi2.C3H4O3/c1-26(2,15-7-5-9-17(21)23-13-11-19)25-27(3,4)16-8-6-10-18(22)24-14-12-20;1-14(2,9-5-7-11)13-15(3,4)10-6-8-12;4-3-5-1-2-6-3/h19-20H,5-16H2,1-4H3;5-12H2,1-4H3;1-2H2. The molecule has 0 aromatic carbocycles. The molecule has 0 amide bonds. The fraction of sp³-hybridized carbons (Fsp3) is 0.903. The molecule has 0 atom stereocenters. The van der Waals surface area contributed by atoms with E-state index in [0.717, 1.165) is 63.7 Å². The molecule has 0 unspecified atom stereocenters. The molecule has 1 aliphatic rings. The van der Waals surface area contributed by atoms with Crippen LogP contribution < -0.4 is 11.5 Å². The summed E-state index contributed by atoms with van der Waals surface area (Å²) in [6, 6.07) is 4.37. The van der Waals surface area contributed by atoms with Gasteiger partial charge in [-0.3, -0.25) is 9.59 Å². The molecule has 0 aromatic rings. The van der Waals surface area contributed by atoms with E-state index in [0.29, 0.717) is 26.1 Å². The SMILES string of the molecule is C[Si](C)(CCCCC(=O)OCCO)O[Si](C)(C)CCCCC(=O)OCCO.C[Si](C)(CCCN)O[Si](C)(C)CCCN.O=C1OCCO1. The number of carbonyl (C=O) groups is 3. The summed E-state index contributed by atoms with van der Waals surface area (Å²) < 4.78 is 31.2. The van der Waals surface area contributed by atoms with Gasteiger partial charge < -0.3 is 48.9 Å². The molecule has 0 saturated carbocycles. The molecule has 0 aromatic heterocycles. The number of aliphatic hydroxyl groups excluding tert-OH is 2. The zero-order chi connectivity index (χ0) is 37.1. The third-order valence-electron chi connectivity index (χ3n) is 7.12. The third-order valence-corrected chi connectivity index (χ3v) is 22.2. The van der Waals surface area contributed by atoms with Crippen molar-refractivity contribution in [2.75, 3.05) is 52.7 Å². The Labute approximate surface area is 294 Å². The minimum atomic E-state index is -1.79. The largest absolute Gasteiger partial charge is 0.508 e. The van der Waals surface area contributed by atoms with Gasteiger partial charge in [-0.05, 0) is 115 Å². The molecular weight excluding hydrogens is 689 g/mol. The number of rotatable bonds is 24. The van der Waals surface area contributed by atoms with Gasteiger partial charge in [0.05, 0.1) is 13.2 Å². The van der Waals surface area contributed by atoms with Gasteiger partial charge in [0, 0.05) is 12.8 Å². The maximum absolute atomic E-state index is 11.4. The molecule has 1 rings (SSSR count). The Balaban J connectivity index is 0. The Morgan fingerprint density at radius 1 is 0.604 bits per heavy atom. The molecule has 286 valence electrons. The fourth-order valence-corrected chi connectivity index (χ4v) is 23.1. The highest BCUT2D eigenvalue weighted by Gasteiger charge is 2.33. The quantitative estimate of drug-likeness (QED) is 0.0440. The summed E-state index contributed by atoms with van der Waals surface area (Å²) in [5.74, 6) is -0.506. The average molecular weight is 759 g/mol. The van der Waals surface area contributed by atoms with Crippen LogP contribution >= 0.6 is 0 Å². The number of carbonyl (C=O) groups excluding carboxylic acids is 3. The number of hydrogen-bond acceptors (Lipinski definition) is 13. The summed E-state index contributed by atoms with van der Waals surface area (Å²) in [7, 11) is -6.51. The molecule has 1 aliphatic heterocycles. The Kier molecular flexibility index (Phi) is 28.1. The third kappa shape index (κ3) is 32.1. The molecule has 6 N–H and O–H groups in total. The van der Waals surface area contributed by atoms with E-state index in [1.807, 2.05) is 0 Å². The van der Waals surface area contributed by atoms with Gasteiger partial charge in [-0.2, -0.15) is 0 Å². The summed E-state index contributed by atoms with van der Waals surface area (Å²) in [6.45, 7) is 20.4. The molecular formula is C31H70N2O11Si4. The first kappa shape index (κ1) is 49.0. The van der Waals surface area contributed by atoms with Crippen LogP contribution in [0.15, 0.2) is 0 Å². The van der Waals surface area contributed by atoms with Crippen LogP contribution in [0.3, 0.4) is 0 Å². The van der Waals surface area contributed by atoms with Gasteiger partial charge in [-0.15, -0.1) is 0 Å². The van der Waals surface area contributed by atoms with E-state index in [4.69, 9.17) is 39.4 Å². The van der Waals surface area contributed by atoms with E-state index in [1.165, 1.54) is 12.1 Å². The molecule has 0 bridgehead atoms. The highest BCUT2D eigenvalue weighted by Crippen LogP contribution is 2.26. The van der Waals surface area contributed by atoms with Gasteiger partial charge in [-0.25, -0.2) is 4.79 Å². The molecule has 0 radical (unpaired) electrons. The van der Waals surface area contributed by atoms with Crippen molar-refractivity contribution in [3.63, 3.8) is 0 Å². The first-order valence-electron chi connectivity index (χ1n) is 17.5. The lowest BCUT2D eigenvalue weighted by molar-refractivity contribution is -0.145. The summed E-state index contributed by atoms with van der Waals surface area (Å²) in [6.07, 6.45) is 5.86. The smallest absolute Gasteiger partial charge is 0.463 e. The first-order valence-corrected chi connectivity index (χ1v) is 29.9. The molecule has 0 aliphatic carbocycles. The summed E-state index contributed by atoms with van der Waals surface area (Å²) in [5.41, 5.74) is 11.1. The molecule has 48 heavy (non-hydrogen) atoms. The van der Waals surface area contributed by atoms with Gasteiger partial charge >= 0.3 is 18.1 Å². The number of ether oxygens (including phenoxy) is 4. The van der Waals surface area contributed by atoms with Crippen molar-refractivity contribution in [3.05, 3.63) is 0 Å². The lowest BCUT2D eigenvalue weighted by atomic mass is 10.2. The maximum Gasteiger partial charge on any atom is 0.508 e. The normalized spacial score (nSPS) is 13.4. The van der Waals surface area contributed by atoms with Gasteiger partial charge in [0.15, 0.2) is 33.3 Å². The van der Waals surface area contributed by atoms with Crippen LogP contribution in [0.4, 0.5) is 4.79 Å². The van der Waals surface area contributed by atoms with E-state index in [9.17, 15) is 14.4 Å². The van der Waals surface area contributed by atoms with Crippen molar-refractivity contribution >= 4 is 51.4 Å². The predicted molar refractivity (Wildman–Crippen MR) is 200 cm³/mol. The van der Waals surface area contributed by atoms with Crippen LogP contribution in [0.25, 0.3) is 0 Å². The van der Waals surface area contributed by atoms with Crippen molar-refractivity contribution in [3.8, 4) is 0 Å². The number of unbranched alkanes of at least 4 members (excludes halogenated alkanes) is 2. The highest BCUT2D eigenvalue weighted by molar-refractivity contribution is 6.85. The second kappa shape index (κ2) is 27.5. The molecule has 1 fully saturated rings. The van der Waals surface area contributed by atoms with Crippen LogP contribution in [0.1, 0.15) is 51.4 Å². The van der Waals surface area contributed by atoms with Crippen molar-refractivity contribution < 1.29 is 51.8 Å². The zero-order valence-corrected chi connectivity index (χ0v) is 35.4. The number of cyclic esters (lactones) is 2. The lowest BCUT2D eigenvalue weighted by Crippen LogP contribution is -2.44. The van der Waals surface area contributed by atoms with E-state index >= 15 is 0 Å². The molecule has 1 saturated heterocycles. The van der Waals surface area contributed by atoms with Crippen molar-refractivity contribution in [2.24, 2.45) is 11.5 Å². The van der Waals surface area contributed by atoms with E-state index < -0.39 is 39.4 Å². The van der Waals surface area contributed by atoms with Gasteiger partial charge in [0.2, 0.25) is 0 Å². The van der Waals surface area contributed by atoms with Crippen LogP contribution in [-0.2, 0) is 36.8 Å². The Morgan fingerprint density at radius 2 is 0.917 bits per heavy atom. The van der Waals surface area contributed by atoms with E-state index in [2.05, 4.69) is 61.8 Å². The number of esters is 2. The van der Waals surface area contributed by atoms with E-state index in [-0.39, 0.29) is 38.4 Å². The Bertz CT molecular complexity index is 802. The fourth-order valence-electron chi connectivity index (χ4n) is 5.15. The van der Waals surface area contributed by atoms with E-state index in [1.54, 1.807) is 0 Å². The highest BCUT2D eigenvalue weighted by atomic mass is 28.4.